The van der Waals surface area contributed by atoms with E-state index < -0.39 is 0 Å². The van der Waals surface area contributed by atoms with Crippen LogP contribution in [0.15, 0.2) is 36.7 Å². The highest BCUT2D eigenvalue weighted by atomic mass is 16.5. The number of nitrogens with zero attached hydrogens (tertiary/aromatic N) is 5. The summed E-state index contributed by atoms with van der Waals surface area (Å²) in [6.07, 6.45) is 15.5. The summed E-state index contributed by atoms with van der Waals surface area (Å²) >= 11 is 0. The van der Waals surface area contributed by atoms with Crippen molar-refractivity contribution in [1.82, 2.24) is 24.5 Å². The van der Waals surface area contributed by atoms with E-state index in [1.165, 1.54) is 44.8 Å². The Morgan fingerprint density at radius 3 is 2.57 bits per heavy atom. The first kappa shape index (κ1) is 23.6. The second-order valence-electron chi connectivity index (χ2n) is 9.94. The number of carbonyl (C=O) groups is 1. The summed E-state index contributed by atoms with van der Waals surface area (Å²) in [5.41, 5.74) is 1.86. The van der Waals surface area contributed by atoms with Crippen LogP contribution in [0.2, 0.25) is 0 Å². The van der Waals surface area contributed by atoms with Gasteiger partial charge in [0.25, 0.3) is 0 Å². The normalized spacial score (nSPS) is 21.1. The maximum absolute atomic E-state index is 11.8. The van der Waals surface area contributed by atoms with Crippen molar-refractivity contribution in [2.45, 2.75) is 82.3 Å². The zero-order chi connectivity index (χ0) is 24.2. The first-order chi connectivity index (χ1) is 17.1. The Morgan fingerprint density at radius 2 is 1.80 bits per heavy atom. The molecule has 0 radical (unpaired) electrons. The van der Waals surface area contributed by atoms with Crippen LogP contribution in [0.3, 0.4) is 0 Å². The fourth-order valence-corrected chi connectivity index (χ4v) is 5.63. The quantitative estimate of drug-likeness (QED) is 0.428. The number of esters is 1. The molecule has 2 aliphatic rings. The Morgan fingerprint density at radius 1 is 1.03 bits per heavy atom. The molecule has 186 valence electrons. The lowest BCUT2D eigenvalue weighted by atomic mass is 9.79. The predicted molar refractivity (Wildman–Crippen MR) is 131 cm³/mol. The van der Waals surface area contributed by atoms with Crippen LogP contribution >= 0.6 is 0 Å². The highest BCUT2D eigenvalue weighted by molar-refractivity contribution is 5.89. The molecule has 0 aliphatic heterocycles. The molecule has 8 nitrogen and oxygen atoms in total. The molecule has 2 aromatic heterocycles. The van der Waals surface area contributed by atoms with Gasteiger partial charge in [-0.3, -0.25) is 4.68 Å². The summed E-state index contributed by atoms with van der Waals surface area (Å²) in [6, 6.07) is 7.58. The molecule has 8 heteroatoms. The van der Waals surface area contributed by atoms with Gasteiger partial charge in [-0.05, 0) is 68.2 Å². The Hall–Kier alpha value is -3.16. The zero-order valence-electron chi connectivity index (χ0n) is 20.7. The number of benzene rings is 1. The summed E-state index contributed by atoms with van der Waals surface area (Å²) in [5, 5.41) is 13.6. The standard InChI is InChI=1S/C27H35N5O3/c1-31-25(18-35-24-10-6-7-21(15-24)27(33)34-2)29-30-26(31)20-13-11-19(12-14-20)22-16-28-32(17-22)23-8-4-3-5-9-23/h6-7,10,15-17,19-20,23H,3-5,8-9,11-14,18H2,1-2H3. The van der Waals surface area contributed by atoms with Crippen molar-refractivity contribution in [3.63, 3.8) is 0 Å². The SMILES string of the molecule is COC(=O)c1cccc(OCc2nnc(C3CCC(c4cnn(C5CCCCC5)c4)CC3)n2C)c1. The van der Waals surface area contributed by atoms with Crippen LogP contribution in [0, 0.1) is 0 Å². The fraction of sp³-hybridized carbons (Fsp3) is 0.556. The Labute approximate surface area is 206 Å². The number of carbonyl (C=O) groups excluding carboxylic acids is 1. The molecular weight excluding hydrogens is 442 g/mol. The van der Waals surface area contributed by atoms with Crippen LogP contribution in [0.25, 0.3) is 0 Å². The fourth-order valence-electron chi connectivity index (χ4n) is 5.63. The van der Waals surface area contributed by atoms with E-state index in [0.29, 0.717) is 35.8 Å². The minimum atomic E-state index is -0.381. The molecule has 1 aromatic carbocycles. The molecule has 0 N–H and O–H groups in total. The smallest absolute Gasteiger partial charge is 0.337 e. The predicted octanol–water partition coefficient (Wildman–Crippen LogP) is 5.32. The molecule has 0 bridgehead atoms. The zero-order valence-corrected chi connectivity index (χ0v) is 20.7. The average Bonchev–Trinajstić information content (AvgIpc) is 3.55. The lowest BCUT2D eigenvalue weighted by molar-refractivity contribution is 0.0600. The molecule has 0 saturated heterocycles. The third kappa shape index (κ3) is 5.26. The van der Waals surface area contributed by atoms with Crippen molar-refractivity contribution in [3.05, 3.63) is 59.4 Å². The van der Waals surface area contributed by atoms with E-state index >= 15 is 0 Å². The molecule has 3 aromatic rings. The van der Waals surface area contributed by atoms with Gasteiger partial charge in [0.2, 0.25) is 0 Å². The van der Waals surface area contributed by atoms with Gasteiger partial charge in [-0.2, -0.15) is 5.10 Å². The van der Waals surface area contributed by atoms with E-state index in [1.807, 2.05) is 13.1 Å². The number of ether oxygens (including phenoxy) is 2. The Kier molecular flexibility index (Phi) is 7.16. The van der Waals surface area contributed by atoms with Crippen LogP contribution in [0.4, 0.5) is 0 Å². The lowest BCUT2D eigenvalue weighted by Gasteiger charge is -2.27. The number of hydrogen-bond donors (Lipinski definition) is 0. The van der Waals surface area contributed by atoms with Crippen LogP contribution in [-0.2, 0) is 18.4 Å². The van der Waals surface area contributed by atoms with Gasteiger partial charge in [0.05, 0.1) is 24.9 Å². The number of rotatable bonds is 7. The van der Waals surface area contributed by atoms with Crippen molar-refractivity contribution in [2.24, 2.45) is 7.05 Å². The van der Waals surface area contributed by atoms with E-state index in [2.05, 4.69) is 31.8 Å². The largest absolute Gasteiger partial charge is 0.486 e. The van der Waals surface area contributed by atoms with Crippen molar-refractivity contribution in [2.75, 3.05) is 7.11 Å². The number of methoxy groups -OCH3 is 1. The molecule has 0 unspecified atom stereocenters. The highest BCUT2D eigenvalue weighted by Crippen LogP contribution is 2.40. The minimum Gasteiger partial charge on any atom is -0.486 e. The molecule has 2 heterocycles. The summed E-state index contributed by atoms with van der Waals surface area (Å²) in [4.78, 5) is 11.8. The van der Waals surface area contributed by atoms with Crippen LogP contribution in [0.1, 0.15) is 103 Å². The maximum Gasteiger partial charge on any atom is 0.337 e. The van der Waals surface area contributed by atoms with Gasteiger partial charge >= 0.3 is 5.97 Å². The second-order valence-corrected chi connectivity index (χ2v) is 9.94. The summed E-state index contributed by atoms with van der Waals surface area (Å²) < 4.78 is 15.0. The third-order valence-corrected chi connectivity index (χ3v) is 7.76. The van der Waals surface area contributed by atoms with Gasteiger partial charge in [-0.15, -0.1) is 10.2 Å². The van der Waals surface area contributed by atoms with Crippen molar-refractivity contribution < 1.29 is 14.3 Å². The molecule has 0 amide bonds. The van der Waals surface area contributed by atoms with Crippen LogP contribution in [-0.4, -0.2) is 37.6 Å². The lowest BCUT2D eigenvalue weighted by Crippen LogP contribution is -2.16. The monoisotopic (exact) mass is 477 g/mol. The van der Waals surface area contributed by atoms with Crippen molar-refractivity contribution in [3.8, 4) is 5.75 Å². The van der Waals surface area contributed by atoms with Gasteiger partial charge in [-0.1, -0.05) is 25.3 Å². The van der Waals surface area contributed by atoms with E-state index in [-0.39, 0.29) is 5.97 Å². The van der Waals surface area contributed by atoms with Crippen molar-refractivity contribution >= 4 is 5.97 Å². The van der Waals surface area contributed by atoms with Gasteiger partial charge < -0.3 is 14.0 Å². The third-order valence-electron chi connectivity index (χ3n) is 7.76. The molecular formula is C27H35N5O3. The van der Waals surface area contributed by atoms with E-state index in [4.69, 9.17) is 14.6 Å². The first-order valence-electron chi connectivity index (χ1n) is 12.9. The average molecular weight is 478 g/mol. The number of hydrogen-bond acceptors (Lipinski definition) is 6. The molecule has 2 saturated carbocycles. The second kappa shape index (κ2) is 10.6. The summed E-state index contributed by atoms with van der Waals surface area (Å²) in [7, 11) is 3.38. The molecule has 2 aliphatic carbocycles. The summed E-state index contributed by atoms with van der Waals surface area (Å²) in [6.45, 7) is 0.295. The first-order valence-corrected chi connectivity index (χ1v) is 12.9. The van der Waals surface area contributed by atoms with Gasteiger partial charge in [0, 0.05) is 19.2 Å². The van der Waals surface area contributed by atoms with Crippen molar-refractivity contribution in [1.29, 1.82) is 0 Å². The Balaban J connectivity index is 1.16. The molecule has 2 fully saturated rings. The van der Waals surface area contributed by atoms with E-state index in [1.54, 1.807) is 18.2 Å². The maximum atomic E-state index is 11.8. The topological polar surface area (TPSA) is 84.1 Å². The number of aromatic nitrogens is 5. The Bertz CT molecular complexity index is 1140. The minimum absolute atomic E-state index is 0.295. The van der Waals surface area contributed by atoms with Gasteiger partial charge in [0.15, 0.2) is 5.82 Å². The van der Waals surface area contributed by atoms with E-state index in [9.17, 15) is 4.79 Å². The van der Waals surface area contributed by atoms with Gasteiger partial charge in [-0.25, -0.2) is 4.79 Å². The molecule has 0 spiro atoms. The van der Waals surface area contributed by atoms with Gasteiger partial charge in [0.1, 0.15) is 18.2 Å². The molecule has 5 rings (SSSR count). The van der Waals surface area contributed by atoms with Crippen LogP contribution < -0.4 is 4.74 Å². The summed E-state index contributed by atoms with van der Waals surface area (Å²) in [5.74, 6) is 3.03. The van der Waals surface area contributed by atoms with E-state index in [0.717, 1.165) is 37.3 Å². The molecule has 35 heavy (non-hydrogen) atoms. The highest BCUT2D eigenvalue weighted by Gasteiger charge is 2.28. The molecule has 0 atom stereocenters. The van der Waals surface area contributed by atoms with Crippen LogP contribution in [0.5, 0.6) is 5.75 Å².